The molecule has 5 heteroatoms. The first kappa shape index (κ1) is 25.5. The summed E-state index contributed by atoms with van der Waals surface area (Å²) in [7, 11) is 1.68. The number of piperidine rings is 1. The molecule has 3 saturated carbocycles. The average molecular weight is 515 g/mol. The minimum atomic E-state index is -0.186. The number of amides is 2. The summed E-state index contributed by atoms with van der Waals surface area (Å²) in [5, 5.41) is 6.83. The molecule has 1 saturated heterocycles. The van der Waals surface area contributed by atoms with E-state index in [2.05, 4.69) is 48.7 Å². The van der Waals surface area contributed by atoms with Crippen LogP contribution in [0.25, 0.3) is 0 Å². The third-order valence-corrected chi connectivity index (χ3v) is 11.3. The second-order valence-electron chi connectivity index (χ2n) is 12.9. The van der Waals surface area contributed by atoms with Crippen molar-refractivity contribution in [1.82, 2.24) is 10.6 Å². The van der Waals surface area contributed by atoms with E-state index in [0.717, 1.165) is 49.0 Å². The number of fused-ring (bicyclic) bond motifs is 5. The Morgan fingerprint density at radius 2 is 1.61 bits per heavy atom. The van der Waals surface area contributed by atoms with Gasteiger partial charge in [-0.05, 0) is 96.8 Å². The monoisotopic (exact) mass is 514 g/mol. The predicted octanol–water partition coefficient (Wildman–Crippen LogP) is 6.04. The number of carbonyl (C=O) groups is 2. The largest absolute Gasteiger partial charge is 0.497 e. The van der Waals surface area contributed by atoms with E-state index in [0.29, 0.717) is 30.2 Å². The van der Waals surface area contributed by atoms with E-state index in [4.69, 9.17) is 4.74 Å². The highest BCUT2D eigenvalue weighted by atomic mass is 16.5. The van der Waals surface area contributed by atoms with Gasteiger partial charge in [0.1, 0.15) is 5.75 Å². The van der Waals surface area contributed by atoms with Crippen molar-refractivity contribution in [3.63, 3.8) is 0 Å². The van der Waals surface area contributed by atoms with E-state index in [-0.39, 0.29) is 34.6 Å². The van der Waals surface area contributed by atoms with Gasteiger partial charge in [-0.15, -0.1) is 0 Å². The second-order valence-corrected chi connectivity index (χ2v) is 12.9. The minimum absolute atomic E-state index is 0.0352. The van der Waals surface area contributed by atoms with Gasteiger partial charge in [-0.1, -0.05) is 56.3 Å². The van der Waals surface area contributed by atoms with Gasteiger partial charge in [0.15, 0.2) is 0 Å². The number of hydrogen-bond acceptors (Lipinski definition) is 3. The fourth-order valence-electron chi connectivity index (χ4n) is 9.18. The molecule has 0 aromatic heterocycles. The van der Waals surface area contributed by atoms with Gasteiger partial charge < -0.3 is 15.4 Å². The summed E-state index contributed by atoms with van der Waals surface area (Å²) in [4.78, 5) is 26.2. The molecular weight excluding hydrogens is 472 g/mol. The average Bonchev–Trinajstić information content (AvgIpc) is 3.30. The SMILES string of the molecule is COc1ccc(C(NC(=O)[C@H]2CC[C@H]3[C@@H]4CC[C@H]5NC(=O)CC[C@]5(C)[C@H]4CC[C@]23C)c2ccccc2)cc1. The van der Waals surface area contributed by atoms with Crippen molar-refractivity contribution < 1.29 is 14.3 Å². The maximum atomic E-state index is 14.1. The number of methoxy groups -OCH3 is 1. The summed E-state index contributed by atoms with van der Waals surface area (Å²) in [6.45, 7) is 4.85. The van der Waals surface area contributed by atoms with Gasteiger partial charge in [0.2, 0.25) is 11.8 Å². The number of nitrogens with one attached hydrogen (secondary N) is 2. The van der Waals surface area contributed by atoms with Gasteiger partial charge in [0.05, 0.1) is 13.2 Å². The summed E-state index contributed by atoms with van der Waals surface area (Å²) in [5.74, 6) is 3.18. The zero-order chi connectivity index (χ0) is 26.5. The highest BCUT2D eigenvalue weighted by molar-refractivity contribution is 5.81. The fraction of sp³-hybridized carbons (Fsp3) is 0.576. The van der Waals surface area contributed by atoms with E-state index in [1.165, 1.54) is 12.8 Å². The van der Waals surface area contributed by atoms with Crippen LogP contribution in [-0.2, 0) is 9.59 Å². The van der Waals surface area contributed by atoms with Crippen LogP contribution in [-0.4, -0.2) is 25.0 Å². The van der Waals surface area contributed by atoms with Crippen molar-refractivity contribution in [3.8, 4) is 5.75 Å². The molecule has 0 bridgehead atoms. The summed E-state index contributed by atoms with van der Waals surface area (Å²) in [5.41, 5.74) is 2.40. The van der Waals surface area contributed by atoms with E-state index < -0.39 is 0 Å². The number of ether oxygens (including phenoxy) is 1. The molecule has 4 aliphatic rings. The van der Waals surface area contributed by atoms with Crippen molar-refractivity contribution in [2.45, 2.75) is 77.3 Å². The Labute approximate surface area is 227 Å². The molecular formula is C33H42N2O3. The second kappa shape index (κ2) is 9.73. The number of carbonyl (C=O) groups excluding carboxylic acids is 2. The fourth-order valence-corrected chi connectivity index (χ4v) is 9.18. The van der Waals surface area contributed by atoms with Gasteiger partial charge >= 0.3 is 0 Å². The molecule has 2 aromatic carbocycles. The molecule has 6 rings (SSSR count). The highest BCUT2D eigenvalue weighted by Crippen LogP contribution is 2.65. The Hall–Kier alpha value is -2.82. The molecule has 1 heterocycles. The predicted molar refractivity (Wildman–Crippen MR) is 148 cm³/mol. The van der Waals surface area contributed by atoms with Crippen LogP contribution in [0.5, 0.6) is 5.75 Å². The van der Waals surface area contributed by atoms with Crippen molar-refractivity contribution in [2.75, 3.05) is 7.11 Å². The lowest BCUT2D eigenvalue weighted by atomic mass is 9.47. The van der Waals surface area contributed by atoms with Gasteiger partial charge in [-0.3, -0.25) is 9.59 Å². The Bertz CT molecular complexity index is 1180. The highest BCUT2D eigenvalue weighted by Gasteiger charge is 2.61. The summed E-state index contributed by atoms with van der Waals surface area (Å²) < 4.78 is 5.37. The summed E-state index contributed by atoms with van der Waals surface area (Å²) >= 11 is 0. The quantitative estimate of drug-likeness (QED) is 0.511. The first-order valence-electron chi connectivity index (χ1n) is 14.6. The van der Waals surface area contributed by atoms with Gasteiger partial charge in [0, 0.05) is 18.4 Å². The normalized spacial score (nSPS) is 36.7. The molecule has 4 fully saturated rings. The van der Waals surface area contributed by atoms with Crippen molar-refractivity contribution in [1.29, 1.82) is 0 Å². The van der Waals surface area contributed by atoms with E-state index in [9.17, 15) is 9.59 Å². The Morgan fingerprint density at radius 1 is 0.895 bits per heavy atom. The molecule has 5 nitrogen and oxygen atoms in total. The standard InChI is InChI=1S/C33H42N2O3/c1-32-19-17-26-24(13-16-28-33(26,2)20-18-29(36)34-28)25(32)14-15-27(32)31(37)35-30(21-7-5-4-6-8-21)22-9-11-23(38-3)12-10-22/h4-12,24-28,30H,13-20H2,1-3H3,(H,34,36)(H,35,37)/t24-,25-,26-,27+,28+,30?,32-,33+/m0/s1. The minimum Gasteiger partial charge on any atom is -0.497 e. The first-order chi connectivity index (χ1) is 18.3. The third-order valence-electron chi connectivity index (χ3n) is 11.3. The lowest BCUT2D eigenvalue weighted by Crippen LogP contribution is -2.61. The zero-order valence-electron chi connectivity index (χ0n) is 23.0. The molecule has 0 spiro atoms. The Kier molecular flexibility index (Phi) is 6.52. The van der Waals surface area contributed by atoms with E-state index >= 15 is 0 Å². The zero-order valence-corrected chi connectivity index (χ0v) is 23.0. The van der Waals surface area contributed by atoms with Crippen LogP contribution in [0.2, 0.25) is 0 Å². The molecule has 2 N–H and O–H groups in total. The van der Waals surface area contributed by atoms with Crippen LogP contribution in [0.4, 0.5) is 0 Å². The van der Waals surface area contributed by atoms with Gasteiger partial charge in [-0.2, -0.15) is 0 Å². The summed E-state index contributed by atoms with van der Waals surface area (Å²) in [6.07, 6.45) is 8.32. The lowest BCUT2D eigenvalue weighted by Gasteiger charge is -2.60. The van der Waals surface area contributed by atoms with Crippen LogP contribution in [0.1, 0.15) is 82.4 Å². The summed E-state index contributed by atoms with van der Waals surface area (Å²) in [6, 6.07) is 18.5. The molecule has 3 aliphatic carbocycles. The lowest BCUT2D eigenvalue weighted by molar-refractivity contribution is -0.141. The van der Waals surface area contributed by atoms with Crippen molar-refractivity contribution in [2.24, 2.45) is 34.5 Å². The van der Waals surface area contributed by atoms with Gasteiger partial charge in [-0.25, -0.2) is 0 Å². The van der Waals surface area contributed by atoms with Crippen molar-refractivity contribution in [3.05, 3.63) is 65.7 Å². The number of rotatable bonds is 5. The van der Waals surface area contributed by atoms with Crippen molar-refractivity contribution >= 4 is 11.8 Å². The Balaban J connectivity index is 1.23. The van der Waals surface area contributed by atoms with Crippen LogP contribution >= 0.6 is 0 Å². The van der Waals surface area contributed by atoms with E-state index in [1.807, 2.05) is 30.3 Å². The van der Waals surface area contributed by atoms with Crippen LogP contribution in [0, 0.1) is 34.5 Å². The van der Waals surface area contributed by atoms with E-state index in [1.54, 1.807) is 7.11 Å². The molecule has 1 aliphatic heterocycles. The Morgan fingerprint density at radius 3 is 2.34 bits per heavy atom. The third kappa shape index (κ3) is 4.13. The van der Waals surface area contributed by atoms with Crippen LogP contribution in [0.15, 0.2) is 54.6 Å². The van der Waals surface area contributed by atoms with Gasteiger partial charge in [0.25, 0.3) is 0 Å². The molecule has 1 unspecified atom stereocenters. The molecule has 0 radical (unpaired) electrons. The maximum Gasteiger partial charge on any atom is 0.224 e. The topological polar surface area (TPSA) is 67.4 Å². The molecule has 2 aromatic rings. The smallest absolute Gasteiger partial charge is 0.224 e. The molecule has 2 amide bonds. The molecule has 8 atom stereocenters. The number of benzene rings is 2. The van der Waals surface area contributed by atoms with Crippen LogP contribution in [0.3, 0.4) is 0 Å². The number of hydrogen-bond donors (Lipinski definition) is 2. The first-order valence-corrected chi connectivity index (χ1v) is 14.6. The molecule has 202 valence electrons. The van der Waals surface area contributed by atoms with Crippen LogP contribution < -0.4 is 15.4 Å². The maximum absolute atomic E-state index is 14.1. The molecule has 38 heavy (non-hydrogen) atoms.